The molecular weight excluding hydrogens is 403 g/mol. The molecule has 0 aliphatic heterocycles. The van der Waals surface area contributed by atoms with Gasteiger partial charge in [0.05, 0.1) is 18.3 Å². The summed E-state index contributed by atoms with van der Waals surface area (Å²) in [6, 6.07) is -0.303. The van der Waals surface area contributed by atoms with E-state index in [1.807, 2.05) is 0 Å². The van der Waals surface area contributed by atoms with Crippen LogP contribution in [0.4, 0.5) is 19.0 Å². The van der Waals surface area contributed by atoms with E-state index in [1.54, 1.807) is 26.8 Å². The van der Waals surface area contributed by atoms with Gasteiger partial charge in [-0.15, -0.1) is 0 Å². The highest BCUT2D eigenvalue weighted by atomic mass is 19.4. The average molecular weight is 427 g/mol. The van der Waals surface area contributed by atoms with E-state index in [0.717, 1.165) is 0 Å². The SMILES string of the molecule is COC(C)(C)CN(C=O)c1cc(C)n2ncc(C(=O)NC(C3CC3)C(F)(F)F)c2n1. The molecule has 30 heavy (non-hydrogen) atoms. The van der Waals surface area contributed by atoms with Gasteiger partial charge in [-0.3, -0.25) is 14.5 Å². The van der Waals surface area contributed by atoms with Gasteiger partial charge in [0.15, 0.2) is 5.65 Å². The van der Waals surface area contributed by atoms with Gasteiger partial charge in [-0.25, -0.2) is 9.50 Å². The molecule has 0 spiro atoms. The van der Waals surface area contributed by atoms with E-state index in [4.69, 9.17) is 4.74 Å². The van der Waals surface area contributed by atoms with Crippen molar-refractivity contribution in [2.45, 2.75) is 51.4 Å². The lowest BCUT2D eigenvalue weighted by Crippen LogP contribution is -2.47. The summed E-state index contributed by atoms with van der Waals surface area (Å²) in [6.45, 7) is 5.46. The molecule has 2 amide bonds. The van der Waals surface area contributed by atoms with Gasteiger partial charge in [-0.1, -0.05) is 0 Å². The number of carbonyl (C=O) groups excluding carboxylic acids is 2. The van der Waals surface area contributed by atoms with E-state index >= 15 is 0 Å². The average Bonchev–Trinajstić information content (AvgIpc) is 3.40. The first-order chi connectivity index (χ1) is 14.0. The summed E-state index contributed by atoms with van der Waals surface area (Å²) >= 11 is 0. The van der Waals surface area contributed by atoms with Crippen LogP contribution in [-0.4, -0.2) is 58.4 Å². The van der Waals surface area contributed by atoms with Gasteiger partial charge in [0, 0.05) is 18.9 Å². The molecule has 11 heteroatoms. The minimum atomic E-state index is -4.53. The van der Waals surface area contributed by atoms with E-state index in [9.17, 15) is 22.8 Å². The molecule has 1 unspecified atom stereocenters. The van der Waals surface area contributed by atoms with Crippen LogP contribution in [0.15, 0.2) is 12.3 Å². The molecule has 0 bridgehead atoms. The van der Waals surface area contributed by atoms with Crippen LogP contribution < -0.4 is 10.2 Å². The molecule has 1 N–H and O–H groups in total. The Hall–Kier alpha value is -2.69. The lowest BCUT2D eigenvalue weighted by molar-refractivity contribution is -0.158. The Balaban J connectivity index is 1.95. The number of hydrogen-bond donors (Lipinski definition) is 1. The molecule has 0 aromatic carbocycles. The predicted octanol–water partition coefficient (Wildman–Crippen LogP) is 2.50. The minimum absolute atomic E-state index is 0.0706. The number of amides is 2. The number of aromatic nitrogens is 3. The second-order valence-corrected chi connectivity index (χ2v) is 8.08. The number of alkyl halides is 3. The van der Waals surface area contributed by atoms with Gasteiger partial charge in [0.2, 0.25) is 6.41 Å². The van der Waals surface area contributed by atoms with Crippen molar-refractivity contribution < 1.29 is 27.5 Å². The largest absolute Gasteiger partial charge is 0.408 e. The highest BCUT2D eigenvalue weighted by Gasteiger charge is 2.49. The van der Waals surface area contributed by atoms with Crippen LogP contribution in [0.1, 0.15) is 42.7 Å². The van der Waals surface area contributed by atoms with Crippen LogP contribution in [-0.2, 0) is 9.53 Å². The molecule has 1 saturated carbocycles. The molecule has 164 valence electrons. The maximum atomic E-state index is 13.3. The minimum Gasteiger partial charge on any atom is -0.377 e. The summed E-state index contributed by atoms with van der Waals surface area (Å²) in [5, 5.41) is 6.15. The number of aryl methyl sites for hydroxylation is 1. The Morgan fingerprint density at radius 3 is 2.63 bits per heavy atom. The molecule has 1 fully saturated rings. The molecule has 2 aromatic rings. The quantitative estimate of drug-likeness (QED) is 0.654. The van der Waals surface area contributed by atoms with Crippen LogP contribution in [0, 0.1) is 12.8 Å². The van der Waals surface area contributed by atoms with Crippen molar-refractivity contribution in [2.75, 3.05) is 18.6 Å². The van der Waals surface area contributed by atoms with Crippen molar-refractivity contribution >= 4 is 23.8 Å². The maximum Gasteiger partial charge on any atom is 0.408 e. The van der Waals surface area contributed by atoms with Crippen molar-refractivity contribution in [2.24, 2.45) is 5.92 Å². The Morgan fingerprint density at radius 2 is 2.10 bits per heavy atom. The number of rotatable bonds is 8. The number of hydrogen-bond acceptors (Lipinski definition) is 5. The second kappa shape index (κ2) is 7.86. The fourth-order valence-electron chi connectivity index (χ4n) is 3.17. The fourth-order valence-corrected chi connectivity index (χ4v) is 3.17. The molecule has 1 aliphatic rings. The standard InChI is InChI=1S/C19H24F3N5O3/c1-11-7-14(26(10-28)9-18(2,3)30-4)24-16-13(8-23-27(11)16)17(29)25-15(12-5-6-12)19(20,21)22/h7-8,10,12,15H,5-6,9H2,1-4H3,(H,25,29). The fraction of sp³-hybridized carbons (Fsp3) is 0.579. The van der Waals surface area contributed by atoms with E-state index < -0.39 is 29.6 Å². The Kier molecular flexibility index (Phi) is 5.76. The third-order valence-electron chi connectivity index (χ3n) is 5.14. The number of methoxy groups -OCH3 is 1. The third-order valence-corrected chi connectivity index (χ3v) is 5.14. The predicted molar refractivity (Wildman–Crippen MR) is 102 cm³/mol. The van der Waals surface area contributed by atoms with E-state index in [-0.39, 0.29) is 23.6 Å². The van der Waals surface area contributed by atoms with Crippen LogP contribution in [0.2, 0.25) is 0 Å². The monoisotopic (exact) mass is 427 g/mol. The number of nitrogens with one attached hydrogen (secondary N) is 1. The van der Waals surface area contributed by atoms with Crippen molar-refractivity contribution in [3.8, 4) is 0 Å². The van der Waals surface area contributed by atoms with Gasteiger partial charge < -0.3 is 10.1 Å². The molecular formula is C19H24F3N5O3. The molecule has 2 heterocycles. The Bertz CT molecular complexity index is 953. The topological polar surface area (TPSA) is 88.8 Å². The van der Waals surface area contributed by atoms with Gasteiger partial charge in [0.25, 0.3) is 5.91 Å². The normalized spacial score (nSPS) is 15.8. The van der Waals surface area contributed by atoms with Crippen molar-refractivity contribution in [1.82, 2.24) is 19.9 Å². The first-order valence-corrected chi connectivity index (χ1v) is 9.47. The van der Waals surface area contributed by atoms with E-state index in [1.165, 1.54) is 22.7 Å². The zero-order chi connectivity index (χ0) is 22.3. The number of anilines is 1. The molecule has 0 saturated heterocycles. The number of nitrogens with zero attached hydrogens (tertiary/aromatic N) is 4. The molecule has 1 atom stereocenters. The first-order valence-electron chi connectivity index (χ1n) is 9.47. The summed E-state index contributed by atoms with van der Waals surface area (Å²) in [5.74, 6) is -1.27. The smallest absolute Gasteiger partial charge is 0.377 e. The molecule has 2 aromatic heterocycles. The Morgan fingerprint density at radius 1 is 1.43 bits per heavy atom. The van der Waals surface area contributed by atoms with Gasteiger partial charge >= 0.3 is 6.18 Å². The number of fused-ring (bicyclic) bond motifs is 1. The van der Waals surface area contributed by atoms with Crippen LogP contribution in [0.25, 0.3) is 5.65 Å². The number of ether oxygens (including phenoxy) is 1. The van der Waals surface area contributed by atoms with Crippen LogP contribution in [0.3, 0.4) is 0 Å². The molecule has 3 rings (SSSR count). The van der Waals surface area contributed by atoms with Gasteiger partial charge in [-0.05, 0) is 39.5 Å². The highest BCUT2D eigenvalue weighted by Crippen LogP contribution is 2.40. The molecule has 8 nitrogen and oxygen atoms in total. The molecule has 1 aliphatic carbocycles. The summed E-state index contributed by atoms with van der Waals surface area (Å²) in [4.78, 5) is 29.9. The van der Waals surface area contributed by atoms with Crippen LogP contribution >= 0.6 is 0 Å². The van der Waals surface area contributed by atoms with E-state index in [0.29, 0.717) is 24.9 Å². The van der Waals surface area contributed by atoms with Crippen molar-refractivity contribution in [1.29, 1.82) is 0 Å². The lowest BCUT2D eigenvalue weighted by atomic mass is 10.1. The highest BCUT2D eigenvalue weighted by molar-refractivity contribution is 6.00. The number of halogens is 3. The van der Waals surface area contributed by atoms with Crippen molar-refractivity contribution in [3.05, 3.63) is 23.5 Å². The van der Waals surface area contributed by atoms with E-state index in [2.05, 4.69) is 15.4 Å². The lowest BCUT2D eigenvalue weighted by Gasteiger charge is -2.28. The summed E-state index contributed by atoms with van der Waals surface area (Å²) in [5.41, 5.74) is -0.119. The third kappa shape index (κ3) is 4.55. The maximum absolute atomic E-state index is 13.3. The summed E-state index contributed by atoms with van der Waals surface area (Å²) in [6.07, 6.45) is -1.93. The van der Waals surface area contributed by atoms with Crippen molar-refractivity contribution in [3.63, 3.8) is 0 Å². The van der Waals surface area contributed by atoms with Gasteiger partial charge in [0.1, 0.15) is 17.4 Å². The first kappa shape index (κ1) is 22.0. The zero-order valence-electron chi connectivity index (χ0n) is 17.2. The summed E-state index contributed by atoms with van der Waals surface area (Å²) < 4.78 is 46.6. The molecule has 0 radical (unpaired) electrons. The van der Waals surface area contributed by atoms with Crippen LogP contribution in [0.5, 0.6) is 0 Å². The van der Waals surface area contributed by atoms with Gasteiger partial charge in [-0.2, -0.15) is 18.3 Å². The second-order valence-electron chi connectivity index (χ2n) is 8.08. The number of carbonyl (C=O) groups is 2. The summed E-state index contributed by atoms with van der Waals surface area (Å²) in [7, 11) is 1.52. The Labute approximate surface area is 171 Å². The zero-order valence-corrected chi connectivity index (χ0v) is 17.2.